The normalized spacial score (nSPS) is 11.2. The molecule has 1 N–H and O–H groups in total. The number of H-pyrrole nitrogens is 1. The first-order valence-corrected chi connectivity index (χ1v) is 6.13. The van der Waals surface area contributed by atoms with Gasteiger partial charge in [-0.3, -0.25) is 4.79 Å². The summed E-state index contributed by atoms with van der Waals surface area (Å²) < 4.78 is 39.4. The standard InChI is InChI=1S/C14H8ClF3N2O/c1-7-4-10(11(6-19)13(21)20-7)9-3-2-8(15)5-12(9)14(16,17)18/h2-5H,1H3,(H,20,21). The molecule has 108 valence electrons. The minimum atomic E-state index is -4.65. The Morgan fingerprint density at radius 3 is 2.48 bits per heavy atom. The molecule has 0 fully saturated rings. The van der Waals surface area contributed by atoms with Gasteiger partial charge in [0, 0.05) is 16.3 Å². The first kappa shape index (κ1) is 15.1. The average Bonchev–Trinajstić information content (AvgIpc) is 2.36. The second-order valence-corrected chi connectivity index (χ2v) is 4.81. The number of benzene rings is 1. The van der Waals surface area contributed by atoms with Crippen LogP contribution in [0.4, 0.5) is 13.2 Å². The number of aromatic amines is 1. The summed E-state index contributed by atoms with van der Waals surface area (Å²) in [5.41, 5.74) is -2.04. The van der Waals surface area contributed by atoms with Crippen molar-refractivity contribution in [1.29, 1.82) is 5.26 Å². The number of alkyl halides is 3. The van der Waals surface area contributed by atoms with Crippen LogP contribution < -0.4 is 5.56 Å². The molecule has 0 aliphatic carbocycles. The number of nitrogens with zero attached hydrogens (tertiary/aromatic N) is 1. The number of rotatable bonds is 1. The molecule has 0 aliphatic rings. The molecular formula is C14H8ClF3N2O. The van der Waals surface area contributed by atoms with Crippen LogP contribution in [0.25, 0.3) is 11.1 Å². The fourth-order valence-corrected chi connectivity index (χ4v) is 2.17. The number of hydrogen-bond acceptors (Lipinski definition) is 2. The molecule has 0 atom stereocenters. The fraction of sp³-hybridized carbons (Fsp3) is 0.143. The molecule has 0 unspecified atom stereocenters. The van der Waals surface area contributed by atoms with Crippen LogP contribution in [-0.4, -0.2) is 4.98 Å². The Labute approximate surface area is 122 Å². The Hall–Kier alpha value is -2.26. The third-order valence-corrected chi connectivity index (χ3v) is 3.09. The molecule has 1 aromatic carbocycles. The van der Waals surface area contributed by atoms with E-state index in [0.29, 0.717) is 5.69 Å². The summed E-state index contributed by atoms with van der Waals surface area (Å²) in [7, 11) is 0. The van der Waals surface area contributed by atoms with E-state index in [-0.39, 0.29) is 21.7 Å². The molecule has 0 bridgehead atoms. The lowest BCUT2D eigenvalue weighted by Crippen LogP contribution is -2.14. The maximum atomic E-state index is 13.1. The Morgan fingerprint density at radius 2 is 1.90 bits per heavy atom. The quantitative estimate of drug-likeness (QED) is 0.868. The van der Waals surface area contributed by atoms with Crippen molar-refractivity contribution >= 4 is 11.6 Å². The zero-order chi connectivity index (χ0) is 15.8. The van der Waals surface area contributed by atoms with E-state index in [9.17, 15) is 18.0 Å². The predicted octanol–water partition coefficient (Wildman–Crippen LogP) is 3.89. The Kier molecular flexibility index (Phi) is 3.79. The number of halogens is 4. The fourth-order valence-electron chi connectivity index (χ4n) is 2.00. The van der Waals surface area contributed by atoms with E-state index < -0.39 is 17.3 Å². The maximum Gasteiger partial charge on any atom is 0.417 e. The van der Waals surface area contributed by atoms with Crippen LogP contribution in [-0.2, 0) is 6.18 Å². The highest BCUT2D eigenvalue weighted by Gasteiger charge is 2.34. The van der Waals surface area contributed by atoms with Crippen LogP contribution in [0.3, 0.4) is 0 Å². The lowest BCUT2D eigenvalue weighted by atomic mass is 9.96. The SMILES string of the molecule is Cc1cc(-c2ccc(Cl)cc2C(F)(F)F)c(C#N)c(=O)[nH]1. The van der Waals surface area contributed by atoms with E-state index in [0.717, 1.165) is 12.1 Å². The summed E-state index contributed by atoms with van der Waals surface area (Å²) >= 11 is 5.61. The van der Waals surface area contributed by atoms with E-state index in [2.05, 4.69) is 4.98 Å². The summed E-state index contributed by atoms with van der Waals surface area (Å²) in [5.74, 6) is 0. The molecule has 2 rings (SSSR count). The first-order valence-electron chi connectivity index (χ1n) is 5.75. The van der Waals surface area contributed by atoms with Crippen molar-refractivity contribution in [3.63, 3.8) is 0 Å². The van der Waals surface area contributed by atoms with E-state index in [1.807, 2.05) is 0 Å². The topological polar surface area (TPSA) is 56.6 Å². The van der Waals surface area contributed by atoms with Gasteiger partial charge in [0.05, 0.1) is 5.56 Å². The smallest absolute Gasteiger partial charge is 0.325 e. The van der Waals surface area contributed by atoms with Gasteiger partial charge in [-0.25, -0.2) is 0 Å². The summed E-state index contributed by atoms with van der Waals surface area (Å²) in [6.07, 6.45) is -4.65. The number of hydrogen-bond donors (Lipinski definition) is 1. The van der Waals surface area contributed by atoms with Crippen LogP contribution in [0.1, 0.15) is 16.8 Å². The highest BCUT2D eigenvalue weighted by atomic mass is 35.5. The zero-order valence-electron chi connectivity index (χ0n) is 10.7. The van der Waals surface area contributed by atoms with Crippen molar-refractivity contribution in [2.45, 2.75) is 13.1 Å². The molecule has 0 aliphatic heterocycles. The molecule has 0 saturated carbocycles. The van der Waals surface area contributed by atoms with Crippen molar-refractivity contribution in [1.82, 2.24) is 4.98 Å². The third kappa shape index (κ3) is 2.93. The molecule has 21 heavy (non-hydrogen) atoms. The number of nitrogens with one attached hydrogen (secondary N) is 1. The Bertz CT molecular complexity index is 803. The molecule has 3 nitrogen and oxygen atoms in total. The van der Waals surface area contributed by atoms with E-state index in [1.165, 1.54) is 19.1 Å². The van der Waals surface area contributed by atoms with Crippen molar-refractivity contribution in [3.05, 3.63) is 56.5 Å². The molecule has 0 radical (unpaired) electrons. The molecule has 1 aromatic heterocycles. The van der Waals surface area contributed by atoms with Crippen LogP contribution in [0.2, 0.25) is 5.02 Å². The maximum absolute atomic E-state index is 13.1. The molecule has 2 aromatic rings. The third-order valence-electron chi connectivity index (χ3n) is 2.86. The van der Waals surface area contributed by atoms with Crippen molar-refractivity contribution in [2.75, 3.05) is 0 Å². The zero-order valence-corrected chi connectivity index (χ0v) is 11.4. The molecular weight excluding hydrogens is 305 g/mol. The predicted molar refractivity (Wildman–Crippen MR) is 72.0 cm³/mol. The van der Waals surface area contributed by atoms with Crippen molar-refractivity contribution in [2.24, 2.45) is 0 Å². The Balaban J connectivity index is 2.87. The highest BCUT2D eigenvalue weighted by Crippen LogP contribution is 2.39. The minimum absolute atomic E-state index is 0.0669. The second-order valence-electron chi connectivity index (χ2n) is 4.37. The van der Waals surface area contributed by atoms with Crippen molar-refractivity contribution < 1.29 is 13.2 Å². The first-order chi connectivity index (χ1) is 9.74. The van der Waals surface area contributed by atoms with E-state index in [1.54, 1.807) is 6.07 Å². The van der Waals surface area contributed by atoms with Gasteiger partial charge in [0.15, 0.2) is 0 Å². The molecule has 0 saturated heterocycles. The van der Waals surface area contributed by atoms with Crippen LogP contribution >= 0.6 is 11.6 Å². The summed E-state index contributed by atoms with van der Waals surface area (Å²) in [4.78, 5) is 14.1. The largest absolute Gasteiger partial charge is 0.417 e. The van der Waals surface area contributed by atoms with Gasteiger partial charge in [-0.1, -0.05) is 17.7 Å². The van der Waals surface area contributed by atoms with Crippen molar-refractivity contribution in [3.8, 4) is 17.2 Å². The number of nitriles is 1. The highest BCUT2D eigenvalue weighted by molar-refractivity contribution is 6.30. The Morgan fingerprint density at radius 1 is 1.24 bits per heavy atom. The van der Waals surface area contributed by atoms with Gasteiger partial charge in [-0.05, 0) is 30.7 Å². The average molecular weight is 313 g/mol. The number of aromatic nitrogens is 1. The molecule has 7 heteroatoms. The summed E-state index contributed by atoms with van der Waals surface area (Å²) in [6, 6.07) is 6.18. The van der Waals surface area contributed by atoms with Gasteiger partial charge in [-0.15, -0.1) is 0 Å². The monoisotopic (exact) mass is 312 g/mol. The van der Waals surface area contributed by atoms with Gasteiger partial charge in [0.2, 0.25) is 0 Å². The van der Waals surface area contributed by atoms with Crippen LogP contribution in [0, 0.1) is 18.3 Å². The summed E-state index contributed by atoms with van der Waals surface area (Å²) in [6.45, 7) is 1.52. The van der Waals surface area contributed by atoms with Gasteiger partial charge < -0.3 is 4.98 Å². The van der Waals surface area contributed by atoms with E-state index >= 15 is 0 Å². The lowest BCUT2D eigenvalue weighted by Gasteiger charge is -2.14. The van der Waals surface area contributed by atoms with E-state index in [4.69, 9.17) is 16.9 Å². The molecule has 0 amide bonds. The van der Waals surface area contributed by atoms with Crippen LogP contribution in [0.15, 0.2) is 29.1 Å². The minimum Gasteiger partial charge on any atom is -0.325 e. The molecule has 0 spiro atoms. The van der Waals surface area contributed by atoms with Gasteiger partial charge in [-0.2, -0.15) is 18.4 Å². The summed E-state index contributed by atoms with van der Waals surface area (Å²) in [5, 5.41) is 8.94. The van der Waals surface area contributed by atoms with Gasteiger partial charge in [0.25, 0.3) is 5.56 Å². The number of pyridine rings is 1. The van der Waals surface area contributed by atoms with Gasteiger partial charge in [0.1, 0.15) is 11.6 Å². The van der Waals surface area contributed by atoms with Gasteiger partial charge >= 0.3 is 6.18 Å². The van der Waals surface area contributed by atoms with Crippen LogP contribution in [0.5, 0.6) is 0 Å². The number of aryl methyl sites for hydroxylation is 1. The second kappa shape index (κ2) is 5.26. The lowest BCUT2D eigenvalue weighted by molar-refractivity contribution is -0.137. The molecule has 1 heterocycles.